The van der Waals surface area contributed by atoms with Gasteiger partial charge < -0.3 is 9.88 Å². The van der Waals surface area contributed by atoms with E-state index in [1.165, 1.54) is 6.07 Å². The highest BCUT2D eigenvalue weighted by molar-refractivity contribution is 6.30. The van der Waals surface area contributed by atoms with Crippen LogP contribution in [0.5, 0.6) is 0 Å². The second-order valence-corrected chi connectivity index (χ2v) is 7.12. The lowest BCUT2D eigenvalue weighted by atomic mass is 10.2. The number of benzene rings is 2. The van der Waals surface area contributed by atoms with Crippen LogP contribution in [0.25, 0.3) is 10.9 Å². The highest BCUT2D eigenvalue weighted by Gasteiger charge is 2.24. The Balaban J connectivity index is 1.47. The molecule has 0 amide bonds. The number of nitrogens with one attached hydrogen (secondary N) is 1. The Bertz CT molecular complexity index is 1090. The molecule has 0 spiro atoms. The van der Waals surface area contributed by atoms with E-state index in [2.05, 4.69) is 14.9 Å². The fourth-order valence-electron chi connectivity index (χ4n) is 3.48. The van der Waals surface area contributed by atoms with Gasteiger partial charge in [0.25, 0.3) is 11.2 Å². The molecule has 0 radical (unpaired) electrons. The molecule has 8 nitrogen and oxygen atoms in total. The topological polar surface area (TPSA) is 95.4 Å². The smallest absolute Gasteiger partial charge is 0.294 e. The third-order valence-electron chi connectivity index (χ3n) is 4.88. The Hall–Kier alpha value is -2.97. The lowest BCUT2D eigenvalue weighted by molar-refractivity contribution is -0.384. The summed E-state index contributed by atoms with van der Waals surface area (Å²) in [6.07, 6.45) is 0. The zero-order valence-corrected chi connectivity index (χ0v) is 15.7. The van der Waals surface area contributed by atoms with Crippen LogP contribution in [0.2, 0.25) is 5.02 Å². The molecule has 0 atom stereocenters. The van der Waals surface area contributed by atoms with Crippen molar-refractivity contribution in [3.63, 3.8) is 0 Å². The molecule has 9 heteroatoms. The summed E-state index contributed by atoms with van der Waals surface area (Å²) in [5.74, 6) is 0.620. The Morgan fingerprint density at radius 3 is 2.64 bits per heavy atom. The molecule has 0 bridgehead atoms. The molecule has 4 rings (SSSR count). The van der Waals surface area contributed by atoms with Gasteiger partial charge in [0, 0.05) is 37.3 Å². The third-order valence-corrected chi connectivity index (χ3v) is 5.12. The number of aromatic amines is 1. The number of piperazine rings is 1. The first-order valence-electron chi connectivity index (χ1n) is 8.90. The number of anilines is 1. The molecule has 28 heavy (non-hydrogen) atoms. The van der Waals surface area contributed by atoms with Crippen molar-refractivity contribution >= 4 is 33.9 Å². The third kappa shape index (κ3) is 3.69. The maximum Gasteiger partial charge on any atom is 0.294 e. The SMILES string of the molecule is O=c1[nH]c(CN2CCN(c3ccc(Cl)cc3[N+](=O)[O-])CC2)nc2ccccc12. The summed E-state index contributed by atoms with van der Waals surface area (Å²) in [6, 6.07) is 12.0. The molecule has 1 aromatic heterocycles. The molecule has 0 saturated carbocycles. The molecule has 1 aliphatic rings. The van der Waals surface area contributed by atoms with E-state index in [-0.39, 0.29) is 11.2 Å². The minimum absolute atomic E-state index is 0.0153. The monoisotopic (exact) mass is 399 g/mol. The summed E-state index contributed by atoms with van der Waals surface area (Å²) in [7, 11) is 0. The van der Waals surface area contributed by atoms with Crippen molar-refractivity contribution in [3.05, 3.63) is 73.8 Å². The second-order valence-electron chi connectivity index (χ2n) is 6.68. The molecular weight excluding hydrogens is 382 g/mol. The van der Waals surface area contributed by atoms with Crippen molar-refractivity contribution in [1.82, 2.24) is 14.9 Å². The predicted molar refractivity (Wildman–Crippen MR) is 108 cm³/mol. The fraction of sp³-hybridized carbons (Fsp3) is 0.263. The molecule has 2 heterocycles. The number of nitrogens with zero attached hydrogens (tertiary/aromatic N) is 4. The van der Waals surface area contributed by atoms with Gasteiger partial charge in [-0.2, -0.15) is 0 Å². The first-order valence-corrected chi connectivity index (χ1v) is 9.28. The highest BCUT2D eigenvalue weighted by Crippen LogP contribution is 2.31. The number of H-pyrrole nitrogens is 1. The average molecular weight is 400 g/mol. The zero-order chi connectivity index (χ0) is 19.7. The minimum atomic E-state index is -0.405. The summed E-state index contributed by atoms with van der Waals surface area (Å²) in [6.45, 7) is 3.21. The molecule has 2 aromatic carbocycles. The van der Waals surface area contributed by atoms with Crippen molar-refractivity contribution in [2.75, 3.05) is 31.1 Å². The summed E-state index contributed by atoms with van der Waals surface area (Å²) >= 11 is 5.90. The Morgan fingerprint density at radius 1 is 1.14 bits per heavy atom. The van der Waals surface area contributed by atoms with Gasteiger partial charge in [-0.25, -0.2) is 4.98 Å². The molecule has 1 N–H and O–H groups in total. The molecule has 0 unspecified atom stereocenters. The summed E-state index contributed by atoms with van der Waals surface area (Å²) in [5.41, 5.74) is 1.13. The van der Waals surface area contributed by atoms with Gasteiger partial charge in [-0.05, 0) is 24.3 Å². The molecule has 3 aromatic rings. The van der Waals surface area contributed by atoms with E-state index in [0.717, 1.165) is 0 Å². The van der Waals surface area contributed by atoms with Gasteiger partial charge in [-0.1, -0.05) is 23.7 Å². The Morgan fingerprint density at radius 2 is 1.89 bits per heavy atom. The van der Waals surface area contributed by atoms with E-state index in [0.29, 0.717) is 60.2 Å². The number of para-hydroxylation sites is 1. The van der Waals surface area contributed by atoms with Crippen LogP contribution in [0.3, 0.4) is 0 Å². The van der Waals surface area contributed by atoms with Crippen LogP contribution in [-0.2, 0) is 6.54 Å². The van der Waals surface area contributed by atoms with E-state index >= 15 is 0 Å². The second kappa shape index (κ2) is 7.57. The first kappa shape index (κ1) is 18.4. The highest BCUT2D eigenvalue weighted by atomic mass is 35.5. The number of halogens is 1. The fourth-order valence-corrected chi connectivity index (χ4v) is 3.65. The summed E-state index contributed by atoms with van der Waals surface area (Å²) in [4.78, 5) is 34.7. The summed E-state index contributed by atoms with van der Waals surface area (Å²) < 4.78 is 0. The average Bonchev–Trinajstić information content (AvgIpc) is 2.69. The first-order chi connectivity index (χ1) is 13.5. The number of rotatable bonds is 4. The predicted octanol–water partition coefficient (Wildman–Crippen LogP) is 2.81. The van der Waals surface area contributed by atoms with E-state index < -0.39 is 4.92 Å². The van der Waals surface area contributed by atoms with Gasteiger partial charge in [0.2, 0.25) is 0 Å². The molecule has 1 saturated heterocycles. The van der Waals surface area contributed by atoms with Gasteiger partial charge in [-0.15, -0.1) is 0 Å². The van der Waals surface area contributed by atoms with Gasteiger partial charge in [0.15, 0.2) is 0 Å². The van der Waals surface area contributed by atoms with Crippen molar-refractivity contribution in [1.29, 1.82) is 0 Å². The van der Waals surface area contributed by atoms with E-state index in [1.54, 1.807) is 18.2 Å². The van der Waals surface area contributed by atoms with Crippen LogP contribution >= 0.6 is 11.6 Å². The number of hydrogen-bond donors (Lipinski definition) is 1. The number of hydrogen-bond acceptors (Lipinski definition) is 6. The largest absolute Gasteiger partial charge is 0.363 e. The van der Waals surface area contributed by atoms with Crippen LogP contribution < -0.4 is 10.5 Å². The van der Waals surface area contributed by atoms with Crippen LogP contribution in [0.1, 0.15) is 5.82 Å². The lowest BCUT2D eigenvalue weighted by Crippen LogP contribution is -2.46. The zero-order valence-electron chi connectivity index (χ0n) is 15.0. The van der Waals surface area contributed by atoms with Gasteiger partial charge in [-0.3, -0.25) is 19.8 Å². The standard InChI is InChI=1S/C19H18ClN5O3/c20-13-5-6-16(17(11-13)25(27)28)24-9-7-23(8-10-24)12-18-21-15-4-2-1-3-14(15)19(26)22-18/h1-6,11H,7-10,12H2,(H,21,22,26). The molecule has 1 aliphatic heterocycles. The van der Waals surface area contributed by atoms with Crippen molar-refractivity contribution in [3.8, 4) is 0 Å². The molecule has 0 aliphatic carbocycles. The lowest BCUT2D eigenvalue weighted by Gasteiger charge is -2.35. The molecular formula is C19H18ClN5O3. The molecule has 144 valence electrons. The van der Waals surface area contributed by atoms with Crippen molar-refractivity contribution in [2.24, 2.45) is 0 Å². The normalized spacial score (nSPS) is 15.1. The van der Waals surface area contributed by atoms with Crippen LogP contribution in [-0.4, -0.2) is 46.0 Å². The van der Waals surface area contributed by atoms with E-state index in [1.807, 2.05) is 23.1 Å². The number of nitro benzene ring substituents is 1. The van der Waals surface area contributed by atoms with Gasteiger partial charge in [0.1, 0.15) is 11.5 Å². The number of fused-ring (bicyclic) bond motifs is 1. The minimum Gasteiger partial charge on any atom is -0.363 e. The quantitative estimate of drug-likeness (QED) is 0.535. The van der Waals surface area contributed by atoms with Crippen molar-refractivity contribution in [2.45, 2.75) is 6.54 Å². The maximum atomic E-state index is 12.2. The Kier molecular flexibility index (Phi) is 4.97. The van der Waals surface area contributed by atoms with Crippen molar-refractivity contribution < 1.29 is 4.92 Å². The van der Waals surface area contributed by atoms with Gasteiger partial charge >= 0.3 is 0 Å². The molecule has 1 fully saturated rings. The van der Waals surface area contributed by atoms with Crippen LogP contribution in [0.15, 0.2) is 47.3 Å². The number of nitro groups is 1. The van der Waals surface area contributed by atoms with Crippen LogP contribution in [0, 0.1) is 10.1 Å². The van der Waals surface area contributed by atoms with E-state index in [9.17, 15) is 14.9 Å². The maximum absolute atomic E-state index is 12.2. The number of aromatic nitrogens is 2. The Labute approximate surface area is 165 Å². The summed E-state index contributed by atoms with van der Waals surface area (Å²) in [5, 5.41) is 12.3. The van der Waals surface area contributed by atoms with Gasteiger partial charge in [0.05, 0.1) is 22.4 Å². The van der Waals surface area contributed by atoms with E-state index in [4.69, 9.17) is 11.6 Å². The van der Waals surface area contributed by atoms with Crippen LogP contribution in [0.4, 0.5) is 11.4 Å².